The summed E-state index contributed by atoms with van der Waals surface area (Å²) in [5.41, 5.74) is 0.348. The maximum absolute atomic E-state index is 12.0. The number of nitrogens with zero attached hydrogens (tertiary/aromatic N) is 1. The van der Waals surface area contributed by atoms with Gasteiger partial charge >= 0.3 is 6.18 Å². The van der Waals surface area contributed by atoms with Gasteiger partial charge in [-0.2, -0.15) is 13.2 Å². The summed E-state index contributed by atoms with van der Waals surface area (Å²) in [5.74, 6) is -0.873. The van der Waals surface area contributed by atoms with E-state index >= 15 is 0 Å². The number of pyridine rings is 1. The Labute approximate surface area is 124 Å². The zero-order chi connectivity index (χ0) is 16.2. The monoisotopic (exact) mass is 317 g/mol. The van der Waals surface area contributed by atoms with E-state index in [1.54, 1.807) is 0 Å². The Morgan fingerprint density at radius 3 is 2.77 bits per heavy atom. The lowest BCUT2D eigenvalue weighted by atomic mass is 9.98. The average Bonchev–Trinajstić information content (AvgIpc) is 2.46. The van der Waals surface area contributed by atoms with Gasteiger partial charge in [0.1, 0.15) is 0 Å². The number of alkyl halides is 3. The number of ether oxygens (including phenoxy) is 1. The summed E-state index contributed by atoms with van der Waals surface area (Å²) in [6.07, 6.45) is -2.47. The molecule has 2 heterocycles. The largest absolute Gasteiger partial charge is 0.468 e. The zero-order valence-electron chi connectivity index (χ0n) is 11.4. The summed E-state index contributed by atoms with van der Waals surface area (Å²) < 4.78 is 40.4. The molecule has 1 aromatic rings. The van der Waals surface area contributed by atoms with Crippen LogP contribution in [-0.4, -0.2) is 36.1 Å². The Hall–Kier alpha value is -2.32. The van der Waals surface area contributed by atoms with Crippen LogP contribution in [0.25, 0.3) is 0 Å². The highest BCUT2D eigenvalue weighted by atomic mass is 19.4. The molecule has 9 heteroatoms. The van der Waals surface area contributed by atoms with E-state index in [4.69, 9.17) is 0 Å². The Morgan fingerprint density at radius 1 is 1.45 bits per heavy atom. The summed E-state index contributed by atoms with van der Waals surface area (Å²) in [4.78, 5) is 26.6. The molecule has 1 aliphatic heterocycles. The Kier molecular flexibility index (Phi) is 4.84. The highest BCUT2D eigenvalue weighted by Gasteiger charge is 2.28. The van der Waals surface area contributed by atoms with E-state index in [1.165, 1.54) is 18.3 Å². The van der Waals surface area contributed by atoms with Crippen LogP contribution in [0.2, 0.25) is 0 Å². The van der Waals surface area contributed by atoms with Crippen molar-refractivity contribution >= 4 is 17.5 Å². The van der Waals surface area contributed by atoms with E-state index < -0.39 is 12.8 Å². The number of halogens is 3. The molecule has 22 heavy (non-hydrogen) atoms. The maximum atomic E-state index is 12.0. The van der Waals surface area contributed by atoms with Gasteiger partial charge in [0.05, 0.1) is 17.8 Å². The standard InChI is InChI=1S/C13H14F3N3O3/c14-13(15,16)7-22-11-4-2-9(6-18-11)19-12(21)8-1-3-10(20)17-5-8/h2,4,6,8H,1,3,5,7H2,(H,17,20)(H,19,21)/t8-/m0/s1. The van der Waals surface area contributed by atoms with Crippen molar-refractivity contribution in [1.29, 1.82) is 0 Å². The van der Waals surface area contributed by atoms with Gasteiger partial charge in [0.2, 0.25) is 17.7 Å². The summed E-state index contributed by atoms with van der Waals surface area (Å²) in [7, 11) is 0. The molecule has 1 fully saturated rings. The minimum Gasteiger partial charge on any atom is -0.468 e. The van der Waals surface area contributed by atoms with E-state index in [0.717, 1.165) is 0 Å². The van der Waals surface area contributed by atoms with Crippen LogP contribution in [0.1, 0.15) is 12.8 Å². The highest BCUT2D eigenvalue weighted by molar-refractivity contribution is 5.93. The fourth-order valence-electron chi connectivity index (χ4n) is 1.90. The number of carbonyl (C=O) groups excluding carboxylic acids is 2. The minimum absolute atomic E-state index is 0.0862. The third-order valence-electron chi connectivity index (χ3n) is 3.02. The lowest BCUT2D eigenvalue weighted by Crippen LogP contribution is -2.40. The topological polar surface area (TPSA) is 80.3 Å². The molecule has 2 N–H and O–H groups in total. The number of piperidine rings is 1. The normalized spacial score (nSPS) is 18.5. The predicted molar refractivity (Wildman–Crippen MR) is 70.2 cm³/mol. The number of amides is 2. The zero-order valence-corrected chi connectivity index (χ0v) is 11.4. The second-order valence-electron chi connectivity index (χ2n) is 4.82. The second kappa shape index (κ2) is 6.63. The molecular weight excluding hydrogens is 303 g/mol. The van der Waals surface area contributed by atoms with E-state index in [-0.39, 0.29) is 30.2 Å². The third kappa shape index (κ3) is 4.90. The molecular formula is C13H14F3N3O3. The van der Waals surface area contributed by atoms with Crippen LogP contribution >= 0.6 is 0 Å². The van der Waals surface area contributed by atoms with E-state index in [2.05, 4.69) is 20.4 Å². The maximum Gasteiger partial charge on any atom is 0.422 e. The average molecular weight is 317 g/mol. The quantitative estimate of drug-likeness (QED) is 0.881. The fourth-order valence-corrected chi connectivity index (χ4v) is 1.90. The van der Waals surface area contributed by atoms with Crippen molar-refractivity contribution in [3.8, 4) is 5.88 Å². The van der Waals surface area contributed by atoms with E-state index in [9.17, 15) is 22.8 Å². The number of rotatable bonds is 4. The van der Waals surface area contributed by atoms with E-state index in [1.807, 2.05) is 0 Å². The van der Waals surface area contributed by atoms with Gasteiger partial charge in [-0.15, -0.1) is 0 Å². The van der Waals surface area contributed by atoms with Crippen molar-refractivity contribution in [2.45, 2.75) is 19.0 Å². The van der Waals surface area contributed by atoms with Gasteiger partial charge in [0, 0.05) is 19.0 Å². The van der Waals surface area contributed by atoms with Crippen molar-refractivity contribution in [1.82, 2.24) is 10.3 Å². The molecule has 2 rings (SSSR count). The molecule has 120 valence electrons. The van der Waals surface area contributed by atoms with Gasteiger partial charge in [-0.1, -0.05) is 0 Å². The van der Waals surface area contributed by atoms with Crippen LogP contribution in [0.15, 0.2) is 18.3 Å². The number of aromatic nitrogens is 1. The molecule has 0 aromatic carbocycles. The summed E-state index contributed by atoms with van der Waals surface area (Å²) in [6.45, 7) is -1.15. The molecule has 0 unspecified atom stereocenters. The number of nitrogens with one attached hydrogen (secondary N) is 2. The molecule has 0 spiro atoms. The fraction of sp³-hybridized carbons (Fsp3) is 0.462. The Bertz CT molecular complexity index is 536. The Balaban J connectivity index is 1.85. The lowest BCUT2D eigenvalue weighted by molar-refractivity contribution is -0.154. The van der Waals surface area contributed by atoms with Crippen LogP contribution in [0.4, 0.5) is 18.9 Å². The van der Waals surface area contributed by atoms with Crippen molar-refractivity contribution in [2.75, 3.05) is 18.5 Å². The lowest BCUT2D eigenvalue weighted by Gasteiger charge is -2.21. The number of anilines is 1. The third-order valence-corrected chi connectivity index (χ3v) is 3.02. The van der Waals surface area contributed by atoms with Crippen molar-refractivity contribution in [3.05, 3.63) is 18.3 Å². The molecule has 1 saturated heterocycles. The highest BCUT2D eigenvalue weighted by Crippen LogP contribution is 2.19. The van der Waals surface area contributed by atoms with E-state index in [0.29, 0.717) is 18.5 Å². The molecule has 1 atom stereocenters. The van der Waals surface area contributed by atoms with Gasteiger partial charge in [-0.05, 0) is 12.5 Å². The van der Waals surface area contributed by atoms with Gasteiger partial charge in [0.15, 0.2) is 6.61 Å². The summed E-state index contributed by atoms with van der Waals surface area (Å²) in [6, 6.07) is 2.64. The first kappa shape index (κ1) is 16.1. The van der Waals surface area contributed by atoms with Crippen molar-refractivity contribution in [3.63, 3.8) is 0 Å². The molecule has 1 aromatic heterocycles. The molecule has 2 amide bonds. The van der Waals surface area contributed by atoms with Crippen LogP contribution in [-0.2, 0) is 9.59 Å². The van der Waals surface area contributed by atoms with Gasteiger partial charge in [0.25, 0.3) is 0 Å². The van der Waals surface area contributed by atoms with Crippen LogP contribution in [0.3, 0.4) is 0 Å². The first-order chi connectivity index (χ1) is 10.3. The first-order valence-corrected chi connectivity index (χ1v) is 6.56. The molecule has 0 aliphatic carbocycles. The molecule has 6 nitrogen and oxygen atoms in total. The van der Waals surface area contributed by atoms with Crippen LogP contribution < -0.4 is 15.4 Å². The number of carbonyl (C=O) groups is 2. The second-order valence-corrected chi connectivity index (χ2v) is 4.82. The number of hydrogen-bond acceptors (Lipinski definition) is 4. The molecule has 0 bridgehead atoms. The van der Waals surface area contributed by atoms with Gasteiger partial charge in [-0.25, -0.2) is 4.98 Å². The van der Waals surface area contributed by atoms with Crippen molar-refractivity contribution < 1.29 is 27.5 Å². The van der Waals surface area contributed by atoms with Gasteiger partial charge < -0.3 is 15.4 Å². The van der Waals surface area contributed by atoms with Crippen LogP contribution in [0, 0.1) is 5.92 Å². The molecule has 0 saturated carbocycles. The summed E-state index contributed by atoms with van der Waals surface area (Å²) >= 11 is 0. The molecule has 1 aliphatic rings. The first-order valence-electron chi connectivity index (χ1n) is 6.56. The predicted octanol–water partition coefficient (Wildman–Crippen LogP) is 1.49. The minimum atomic E-state index is -4.43. The Morgan fingerprint density at radius 2 is 2.23 bits per heavy atom. The van der Waals surface area contributed by atoms with Crippen LogP contribution in [0.5, 0.6) is 5.88 Å². The summed E-state index contributed by atoms with van der Waals surface area (Å²) in [5, 5.41) is 5.19. The SMILES string of the molecule is O=C1CC[C@H](C(=O)Nc2ccc(OCC(F)(F)F)nc2)CN1. The van der Waals surface area contributed by atoms with Gasteiger partial charge in [-0.3, -0.25) is 9.59 Å². The number of hydrogen-bond donors (Lipinski definition) is 2. The van der Waals surface area contributed by atoms with Crippen molar-refractivity contribution in [2.24, 2.45) is 5.92 Å². The molecule has 0 radical (unpaired) electrons. The smallest absolute Gasteiger partial charge is 0.422 e.